The summed E-state index contributed by atoms with van der Waals surface area (Å²) in [5.41, 5.74) is 9.92. The molecule has 3 aliphatic heterocycles. The number of nitrogens with zero attached hydrogens (tertiary/aromatic N) is 1. The molecular weight excluding hydrogens is 384 g/mol. The summed E-state index contributed by atoms with van der Waals surface area (Å²) in [7, 11) is 0. The highest BCUT2D eigenvalue weighted by atomic mass is 35.5. The molecule has 0 radical (unpaired) electrons. The van der Waals surface area contributed by atoms with Crippen molar-refractivity contribution in [2.75, 3.05) is 17.6 Å². The minimum atomic E-state index is -0.0510. The Morgan fingerprint density at radius 3 is 2.45 bits per heavy atom. The number of carbonyl (C=O) groups is 1. The van der Waals surface area contributed by atoms with E-state index in [9.17, 15) is 4.79 Å². The molecule has 4 N–H and O–H groups in total. The van der Waals surface area contributed by atoms with Crippen molar-refractivity contribution in [1.29, 1.82) is 0 Å². The Kier molecular flexibility index (Phi) is 4.56. The minimum absolute atomic E-state index is 0.0510. The van der Waals surface area contributed by atoms with Crippen LogP contribution in [-0.4, -0.2) is 29.4 Å². The normalized spacial score (nSPS) is 24.6. The molecule has 4 heterocycles. The molecule has 0 amide bonds. The smallest absolute Gasteiger partial charge is 0.161 e. The van der Waals surface area contributed by atoms with Gasteiger partial charge < -0.3 is 16.4 Å². The Morgan fingerprint density at radius 1 is 1.21 bits per heavy atom. The lowest BCUT2D eigenvalue weighted by atomic mass is 9.95. The van der Waals surface area contributed by atoms with Gasteiger partial charge in [-0.15, -0.1) is 0 Å². The number of aromatic nitrogens is 1. The van der Waals surface area contributed by atoms with Crippen LogP contribution in [0.4, 0.5) is 11.5 Å². The van der Waals surface area contributed by atoms with Gasteiger partial charge in [-0.3, -0.25) is 4.79 Å². The van der Waals surface area contributed by atoms with Crippen molar-refractivity contribution in [1.82, 2.24) is 10.3 Å². The number of fused-ring (bicyclic) bond motifs is 4. The van der Waals surface area contributed by atoms with Crippen molar-refractivity contribution in [3.05, 3.63) is 40.5 Å². The average molecular weight is 411 g/mol. The quantitative estimate of drug-likeness (QED) is 0.500. The fourth-order valence-electron chi connectivity index (χ4n) is 5.02. The number of hydrogen-bond acceptors (Lipinski definition) is 5. The van der Waals surface area contributed by atoms with Crippen LogP contribution in [0, 0.1) is 0 Å². The first-order chi connectivity index (χ1) is 14.0. The maximum atomic E-state index is 11.7. The maximum absolute atomic E-state index is 11.7. The van der Waals surface area contributed by atoms with Crippen molar-refractivity contribution in [3.63, 3.8) is 0 Å². The second-order valence-electron chi connectivity index (χ2n) is 8.92. The largest absolute Gasteiger partial charge is 0.398 e. The highest BCUT2D eigenvalue weighted by molar-refractivity contribution is 6.34. The lowest BCUT2D eigenvalue weighted by molar-refractivity contribution is 0.101. The van der Waals surface area contributed by atoms with Crippen molar-refractivity contribution >= 4 is 28.9 Å². The van der Waals surface area contributed by atoms with Crippen LogP contribution in [0.2, 0.25) is 5.02 Å². The van der Waals surface area contributed by atoms with Crippen LogP contribution in [0.25, 0.3) is 11.1 Å². The van der Waals surface area contributed by atoms with Gasteiger partial charge >= 0.3 is 0 Å². The molecule has 29 heavy (non-hydrogen) atoms. The number of nitrogens with two attached hydrogens (primary N) is 1. The zero-order valence-electron chi connectivity index (χ0n) is 16.7. The van der Waals surface area contributed by atoms with Crippen LogP contribution in [0.15, 0.2) is 24.4 Å². The highest BCUT2D eigenvalue weighted by Crippen LogP contribution is 2.57. The fraction of sp³-hybridized carbons (Fsp3) is 0.478. The number of Topliss-reactive ketones (excluding diaryl/α,β-unsaturated/α-hetero) is 1. The number of nitrogens with one attached hydrogen (secondary N) is 2. The molecule has 1 saturated carbocycles. The molecule has 1 spiro atoms. The molecule has 6 heteroatoms. The Morgan fingerprint density at radius 2 is 1.90 bits per heavy atom. The zero-order chi connectivity index (χ0) is 20.2. The molecule has 2 saturated heterocycles. The van der Waals surface area contributed by atoms with E-state index >= 15 is 0 Å². The minimum Gasteiger partial charge on any atom is -0.398 e. The van der Waals surface area contributed by atoms with Gasteiger partial charge in [-0.05, 0) is 63.1 Å². The van der Waals surface area contributed by atoms with Gasteiger partial charge in [0.2, 0.25) is 0 Å². The molecule has 1 aromatic carbocycles. The second-order valence-corrected chi connectivity index (χ2v) is 9.29. The molecule has 3 fully saturated rings. The van der Waals surface area contributed by atoms with Crippen molar-refractivity contribution in [2.45, 2.75) is 62.9 Å². The second kappa shape index (κ2) is 6.99. The lowest BCUT2D eigenvalue weighted by Crippen LogP contribution is -2.17. The Hall–Kier alpha value is -2.11. The number of rotatable bonds is 2. The third-order valence-corrected chi connectivity index (χ3v) is 7.33. The van der Waals surface area contributed by atoms with Crippen molar-refractivity contribution in [2.24, 2.45) is 0 Å². The predicted octanol–water partition coefficient (Wildman–Crippen LogP) is 4.54. The summed E-state index contributed by atoms with van der Waals surface area (Å²) >= 11 is 6.69. The Balaban J connectivity index is 0.000000216. The number of nitrogen functional groups attached to an aromatic ring is 1. The number of halogens is 1. The summed E-state index contributed by atoms with van der Waals surface area (Å²) in [6.07, 6.45) is 9.87. The topological polar surface area (TPSA) is 80.0 Å². The third-order valence-electron chi connectivity index (χ3n) is 6.94. The summed E-state index contributed by atoms with van der Waals surface area (Å²) in [6.45, 7) is 2.43. The predicted molar refractivity (Wildman–Crippen MR) is 118 cm³/mol. The molecule has 1 aromatic heterocycles. The molecule has 4 aliphatic rings. The van der Waals surface area contributed by atoms with Crippen LogP contribution in [0.3, 0.4) is 0 Å². The summed E-state index contributed by atoms with van der Waals surface area (Å²) < 4.78 is 0. The molecule has 0 atom stereocenters. The van der Waals surface area contributed by atoms with Gasteiger partial charge in [0.25, 0.3) is 0 Å². The van der Waals surface area contributed by atoms with E-state index in [1.165, 1.54) is 32.6 Å². The number of hydrogen-bond donors (Lipinski definition) is 3. The summed E-state index contributed by atoms with van der Waals surface area (Å²) in [5.74, 6) is 0.846. The van der Waals surface area contributed by atoms with Crippen LogP contribution in [-0.2, 0) is 5.41 Å². The van der Waals surface area contributed by atoms with Crippen molar-refractivity contribution < 1.29 is 4.79 Å². The first-order valence-corrected chi connectivity index (χ1v) is 10.9. The number of pyridine rings is 1. The molecule has 0 unspecified atom stereocenters. The van der Waals surface area contributed by atoms with E-state index in [1.807, 2.05) is 6.07 Å². The van der Waals surface area contributed by atoms with E-state index in [2.05, 4.69) is 15.6 Å². The molecular formula is C23H27ClN4O. The monoisotopic (exact) mass is 410 g/mol. The number of anilines is 2. The van der Waals surface area contributed by atoms with Crippen LogP contribution in [0.5, 0.6) is 0 Å². The fourth-order valence-corrected chi connectivity index (χ4v) is 5.46. The van der Waals surface area contributed by atoms with Gasteiger partial charge in [-0.25, -0.2) is 4.98 Å². The highest BCUT2D eigenvalue weighted by Gasteiger charge is 2.51. The van der Waals surface area contributed by atoms with Crippen molar-refractivity contribution in [3.8, 4) is 11.1 Å². The molecule has 2 aromatic rings. The molecule has 2 bridgehead atoms. The maximum Gasteiger partial charge on any atom is 0.161 e. The molecule has 5 nitrogen and oxygen atoms in total. The van der Waals surface area contributed by atoms with E-state index in [-0.39, 0.29) is 11.2 Å². The first-order valence-electron chi connectivity index (χ1n) is 10.6. The summed E-state index contributed by atoms with van der Waals surface area (Å²) in [5, 5.41) is 7.61. The van der Waals surface area contributed by atoms with Gasteiger partial charge in [0.1, 0.15) is 5.82 Å². The van der Waals surface area contributed by atoms with E-state index < -0.39 is 0 Å². The lowest BCUT2D eigenvalue weighted by Gasteiger charge is -2.13. The van der Waals surface area contributed by atoms with Gasteiger partial charge in [0.05, 0.1) is 5.02 Å². The summed E-state index contributed by atoms with van der Waals surface area (Å²) in [6, 6.07) is 7.28. The summed E-state index contributed by atoms with van der Waals surface area (Å²) in [4.78, 5) is 16.2. The van der Waals surface area contributed by atoms with E-state index in [1.54, 1.807) is 18.3 Å². The van der Waals surface area contributed by atoms with Gasteiger partial charge in [0.15, 0.2) is 5.78 Å². The average Bonchev–Trinajstić information content (AvgIpc) is 3.05. The molecule has 152 valence electrons. The third kappa shape index (κ3) is 3.30. The van der Waals surface area contributed by atoms with E-state index in [0.717, 1.165) is 59.0 Å². The number of benzene rings is 1. The molecule has 1 aliphatic carbocycles. The van der Waals surface area contributed by atoms with Crippen LogP contribution >= 0.6 is 11.6 Å². The standard InChI is InChI=1S/C17H16ClN3O.C6H11N/c1-9(22)11-6-10(2-3-13(11)19)12-7-20-16-14(15(12)18)17(4-5-17)8-21-16;1-2-6-4-3-5(1)7-6/h2-3,6-7H,4-5,8,19H2,1H3,(H,20,21);5-7H,1-4H2. The Bertz CT molecular complexity index is 967. The number of ketones is 1. The van der Waals surface area contributed by atoms with E-state index in [4.69, 9.17) is 17.3 Å². The first kappa shape index (κ1) is 18.9. The van der Waals surface area contributed by atoms with Gasteiger partial charge in [-0.2, -0.15) is 0 Å². The van der Waals surface area contributed by atoms with E-state index in [0.29, 0.717) is 11.3 Å². The number of carbonyl (C=O) groups excluding carboxylic acids is 1. The van der Waals surface area contributed by atoms with Gasteiger partial charge in [0, 0.05) is 52.6 Å². The van der Waals surface area contributed by atoms with Crippen LogP contribution in [0.1, 0.15) is 61.4 Å². The van der Waals surface area contributed by atoms with Gasteiger partial charge in [-0.1, -0.05) is 17.7 Å². The Labute approximate surface area is 176 Å². The zero-order valence-corrected chi connectivity index (χ0v) is 17.5. The SMILES string of the molecule is C1CC2CCC1N2.CC(=O)c1cc(-c2cnc3c(c2Cl)C2(CC2)CN3)ccc1N. The van der Waals surface area contributed by atoms with Crippen LogP contribution < -0.4 is 16.4 Å². The molecule has 6 rings (SSSR count).